The lowest BCUT2D eigenvalue weighted by molar-refractivity contribution is 0.442. The maximum atomic E-state index is 11.2. The fraction of sp³-hybridized carbons (Fsp3) is 0.172. The molecule has 0 saturated carbocycles. The summed E-state index contributed by atoms with van der Waals surface area (Å²) in [6.45, 7) is 2.15. The first-order valence-corrected chi connectivity index (χ1v) is 11.8. The lowest BCUT2D eigenvalue weighted by atomic mass is 9.91. The zero-order chi connectivity index (χ0) is 24.4. The molecule has 0 spiro atoms. The van der Waals surface area contributed by atoms with E-state index in [-0.39, 0.29) is 23.3 Å². The molecule has 3 N–H and O–H groups in total. The number of hydrogen-bond acceptors (Lipinski definition) is 5. The molecule has 2 heterocycles. The second-order valence-corrected chi connectivity index (χ2v) is 8.73. The Kier molecular flexibility index (Phi) is 6.10. The highest BCUT2D eigenvalue weighted by atomic mass is 16.3. The van der Waals surface area contributed by atoms with Crippen molar-refractivity contribution in [1.82, 2.24) is 14.4 Å². The normalized spacial score (nSPS) is 12.1. The third-order valence-electron chi connectivity index (χ3n) is 6.26. The van der Waals surface area contributed by atoms with Gasteiger partial charge >= 0.3 is 0 Å². The largest absolute Gasteiger partial charge is 0.508 e. The second-order valence-electron chi connectivity index (χ2n) is 8.73. The SMILES string of the molecule is CCCC(c1ccccc1)c1nc(-c2ccc(O)cc2)cn2c(O)c(Cc3ccc(O)cc3)nc12. The summed E-state index contributed by atoms with van der Waals surface area (Å²) in [5, 5.41) is 30.6. The van der Waals surface area contributed by atoms with Crippen LogP contribution in [0, 0.1) is 0 Å². The molecule has 0 saturated heterocycles. The van der Waals surface area contributed by atoms with Crippen molar-refractivity contribution in [2.24, 2.45) is 0 Å². The summed E-state index contributed by atoms with van der Waals surface area (Å²) < 4.78 is 1.71. The second kappa shape index (κ2) is 9.50. The van der Waals surface area contributed by atoms with Gasteiger partial charge in [0.2, 0.25) is 5.88 Å². The average Bonchev–Trinajstić information content (AvgIpc) is 3.19. The van der Waals surface area contributed by atoms with Gasteiger partial charge in [0.05, 0.1) is 11.4 Å². The Labute approximate surface area is 203 Å². The lowest BCUT2D eigenvalue weighted by Crippen LogP contribution is -2.08. The number of phenolic OH excluding ortho intramolecular Hbond substituents is 2. The summed E-state index contributed by atoms with van der Waals surface area (Å²) in [6, 6.07) is 24.1. The molecule has 0 aliphatic heterocycles. The minimum atomic E-state index is 0.00378. The van der Waals surface area contributed by atoms with Crippen molar-refractivity contribution in [3.8, 4) is 28.6 Å². The Hall–Kier alpha value is -4.32. The zero-order valence-corrected chi connectivity index (χ0v) is 19.5. The minimum absolute atomic E-state index is 0.00378. The third kappa shape index (κ3) is 4.55. The predicted octanol–water partition coefficient (Wildman–Crippen LogP) is 6.04. The maximum Gasteiger partial charge on any atom is 0.219 e. The van der Waals surface area contributed by atoms with E-state index < -0.39 is 0 Å². The summed E-state index contributed by atoms with van der Waals surface area (Å²) >= 11 is 0. The van der Waals surface area contributed by atoms with Gasteiger partial charge in [0, 0.05) is 24.1 Å². The van der Waals surface area contributed by atoms with Crippen LogP contribution < -0.4 is 0 Å². The van der Waals surface area contributed by atoms with E-state index >= 15 is 0 Å². The molecule has 2 aromatic heterocycles. The van der Waals surface area contributed by atoms with Crippen molar-refractivity contribution in [1.29, 1.82) is 0 Å². The Bertz CT molecular complexity index is 1440. The molecule has 6 heteroatoms. The van der Waals surface area contributed by atoms with Gasteiger partial charge in [-0.2, -0.15) is 0 Å². The smallest absolute Gasteiger partial charge is 0.219 e. The van der Waals surface area contributed by atoms with Gasteiger partial charge in [-0.1, -0.05) is 55.8 Å². The monoisotopic (exact) mass is 465 g/mol. The van der Waals surface area contributed by atoms with Crippen LogP contribution in [0.4, 0.5) is 0 Å². The van der Waals surface area contributed by atoms with Crippen LogP contribution in [0.25, 0.3) is 16.9 Å². The molecule has 3 aromatic carbocycles. The first-order chi connectivity index (χ1) is 17.0. The topological polar surface area (TPSA) is 90.9 Å². The molecule has 5 aromatic rings. The molecule has 0 radical (unpaired) electrons. The first-order valence-electron chi connectivity index (χ1n) is 11.8. The number of aromatic hydroxyl groups is 3. The maximum absolute atomic E-state index is 11.2. The van der Waals surface area contributed by atoms with Crippen molar-refractivity contribution in [2.45, 2.75) is 32.1 Å². The Balaban J connectivity index is 1.70. The fourth-order valence-corrected chi connectivity index (χ4v) is 4.47. The van der Waals surface area contributed by atoms with Crippen molar-refractivity contribution in [3.63, 3.8) is 0 Å². The lowest BCUT2D eigenvalue weighted by Gasteiger charge is -2.18. The Morgan fingerprint density at radius 3 is 2.11 bits per heavy atom. The van der Waals surface area contributed by atoms with Gasteiger partial charge in [-0.15, -0.1) is 0 Å². The summed E-state index contributed by atoms with van der Waals surface area (Å²) in [7, 11) is 0. The van der Waals surface area contributed by atoms with E-state index in [1.807, 2.05) is 42.5 Å². The number of imidazole rings is 1. The van der Waals surface area contributed by atoms with Crippen LogP contribution in [0.5, 0.6) is 17.4 Å². The van der Waals surface area contributed by atoms with Gasteiger partial charge in [-0.05, 0) is 53.9 Å². The van der Waals surface area contributed by atoms with E-state index in [1.54, 1.807) is 34.9 Å². The van der Waals surface area contributed by atoms with E-state index in [0.29, 0.717) is 23.5 Å². The number of aromatic nitrogens is 3. The Morgan fingerprint density at radius 1 is 0.800 bits per heavy atom. The van der Waals surface area contributed by atoms with Crippen LogP contribution in [0.15, 0.2) is 85.1 Å². The zero-order valence-electron chi connectivity index (χ0n) is 19.5. The summed E-state index contributed by atoms with van der Waals surface area (Å²) in [6.07, 6.45) is 4.06. The first kappa shape index (κ1) is 22.5. The van der Waals surface area contributed by atoms with Crippen molar-refractivity contribution >= 4 is 5.65 Å². The summed E-state index contributed by atoms with van der Waals surface area (Å²) in [5.74, 6) is 0.456. The highest BCUT2D eigenvalue weighted by molar-refractivity contribution is 5.64. The van der Waals surface area contributed by atoms with E-state index in [2.05, 4.69) is 19.1 Å². The molecule has 0 amide bonds. The van der Waals surface area contributed by atoms with E-state index in [1.165, 1.54) is 0 Å². The minimum Gasteiger partial charge on any atom is -0.508 e. The van der Waals surface area contributed by atoms with E-state index in [0.717, 1.165) is 35.2 Å². The van der Waals surface area contributed by atoms with Crippen LogP contribution in [0.1, 0.15) is 48.2 Å². The van der Waals surface area contributed by atoms with Gasteiger partial charge < -0.3 is 15.3 Å². The third-order valence-corrected chi connectivity index (χ3v) is 6.26. The van der Waals surface area contributed by atoms with Crippen molar-refractivity contribution in [3.05, 3.63) is 108 Å². The molecular weight excluding hydrogens is 438 g/mol. The average molecular weight is 466 g/mol. The van der Waals surface area contributed by atoms with Crippen LogP contribution in [0.3, 0.4) is 0 Å². The van der Waals surface area contributed by atoms with Gasteiger partial charge in [-0.25, -0.2) is 9.97 Å². The number of nitrogens with zero attached hydrogens (tertiary/aromatic N) is 3. The van der Waals surface area contributed by atoms with Crippen LogP contribution in [-0.4, -0.2) is 29.7 Å². The molecule has 0 bridgehead atoms. The Morgan fingerprint density at radius 2 is 1.46 bits per heavy atom. The number of hydrogen-bond donors (Lipinski definition) is 3. The summed E-state index contributed by atoms with van der Waals surface area (Å²) in [5.41, 5.74) is 5.58. The van der Waals surface area contributed by atoms with Crippen LogP contribution in [-0.2, 0) is 6.42 Å². The van der Waals surface area contributed by atoms with Gasteiger partial charge in [0.15, 0.2) is 5.65 Å². The van der Waals surface area contributed by atoms with E-state index in [4.69, 9.17) is 9.97 Å². The fourth-order valence-electron chi connectivity index (χ4n) is 4.47. The highest BCUT2D eigenvalue weighted by Gasteiger charge is 2.24. The summed E-state index contributed by atoms with van der Waals surface area (Å²) in [4.78, 5) is 9.92. The number of phenols is 2. The molecule has 0 aliphatic carbocycles. The number of fused-ring (bicyclic) bond motifs is 1. The predicted molar refractivity (Wildman–Crippen MR) is 136 cm³/mol. The molecule has 0 aliphatic rings. The number of rotatable bonds is 7. The molecule has 0 fully saturated rings. The molecular formula is C29H27N3O3. The van der Waals surface area contributed by atoms with Gasteiger partial charge in [0.25, 0.3) is 0 Å². The molecule has 6 nitrogen and oxygen atoms in total. The molecule has 5 rings (SSSR count). The van der Waals surface area contributed by atoms with Crippen molar-refractivity contribution in [2.75, 3.05) is 0 Å². The van der Waals surface area contributed by atoms with Crippen LogP contribution in [0.2, 0.25) is 0 Å². The molecule has 1 unspecified atom stereocenters. The quantitative estimate of drug-likeness (QED) is 0.273. The van der Waals surface area contributed by atoms with Gasteiger partial charge in [-0.3, -0.25) is 4.40 Å². The van der Waals surface area contributed by atoms with Gasteiger partial charge in [0.1, 0.15) is 17.2 Å². The number of benzene rings is 3. The molecule has 176 valence electrons. The highest BCUT2D eigenvalue weighted by Crippen LogP contribution is 2.35. The van der Waals surface area contributed by atoms with Crippen molar-refractivity contribution < 1.29 is 15.3 Å². The standard InChI is InChI=1S/C29H27N3O3/c1-2-6-24(20-7-4-3-5-8-20)27-28-31-25(17-19-9-13-22(33)14-10-19)29(35)32(28)18-26(30-27)21-11-15-23(34)16-12-21/h3-5,7-16,18,24,33-35H,2,6,17H2,1H3. The van der Waals surface area contributed by atoms with Crippen LogP contribution >= 0.6 is 0 Å². The molecule has 1 atom stereocenters. The van der Waals surface area contributed by atoms with E-state index in [9.17, 15) is 15.3 Å². The molecule has 35 heavy (non-hydrogen) atoms.